The summed E-state index contributed by atoms with van der Waals surface area (Å²) in [6.07, 6.45) is 5.38. The number of carbonyl (C=O) groups is 1. The van der Waals surface area contributed by atoms with Gasteiger partial charge in [-0.25, -0.2) is 0 Å². The molecular weight excluding hydrogens is 300 g/mol. The molecule has 122 valence electrons. The third kappa shape index (κ3) is 3.23. The second kappa shape index (κ2) is 6.09. The minimum atomic E-state index is -0.865. The third-order valence-corrected chi connectivity index (χ3v) is 4.60. The number of halogens is 1. The Morgan fingerprint density at radius 2 is 1.95 bits per heavy atom. The molecule has 1 aromatic rings. The van der Waals surface area contributed by atoms with Crippen LogP contribution < -0.4 is 15.8 Å². The zero-order valence-corrected chi connectivity index (χ0v) is 14.0. The molecule has 0 bridgehead atoms. The van der Waals surface area contributed by atoms with Gasteiger partial charge in [0.1, 0.15) is 11.4 Å². The van der Waals surface area contributed by atoms with Crippen molar-refractivity contribution in [3.8, 4) is 5.75 Å². The topological polar surface area (TPSA) is 64.4 Å². The van der Waals surface area contributed by atoms with Crippen LogP contribution >= 0.6 is 12.4 Å². The highest BCUT2D eigenvalue weighted by Gasteiger charge is 2.43. The highest BCUT2D eigenvalue weighted by molar-refractivity contribution is 5.85. The zero-order valence-electron chi connectivity index (χ0n) is 13.2. The summed E-state index contributed by atoms with van der Waals surface area (Å²) in [6, 6.07) is 8.00. The number of nitrogens with one attached hydrogen (secondary N) is 1. The van der Waals surface area contributed by atoms with E-state index in [1.54, 1.807) is 13.8 Å². The van der Waals surface area contributed by atoms with Crippen LogP contribution in [0.25, 0.3) is 0 Å². The van der Waals surface area contributed by atoms with Crippen LogP contribution in [0.3, 0.4) is 0 Å². The highest BCUT2D eigenvalue weighted by Crippen LogP contribution is 2.47. The largest absolute Gasteiger partial charge is 0.487 e. The predicted octanol–water partition coefficient (Wildman–Crippen LogP) is 3.10. The molecule has 22 heavy (non-hydrogen) atoms. The molecule has 1 aliphatic carbocycles. The molecule has 1 fully saturated rings. The van der Waals surface area contributed by atoms with E-state index in [4.69, 9.17) is 10.5 Å². The van der Waals surface area contributed by atoms with Gasteiger partial charge in [0.25, 0.3) is 0 Å². The Hall–Kier alpha value is -1.26. The van der Waals surface area contributed by atoms with Crippen molar-refractivity contribution in [2.75, 3.05) is 0 Å². The third-order valence-electron chi connectivity index (χ3n) is 4.60. The number of benzene rings is 1. The number of amides is 1. The molecular formula is C17H25ClN2O2. The lowest BCUT2D eigenvalue weighted by molar-refractivity contribution is -0.126. The summed E-state index contributed by atoms with van der Waals surface area (Å²) in [5.41, 5.74) is 6.01. The first kappa shape index (κ1) is 17.1. The average molecular weight is 325 g/mol. The Morgan fingerprint density at radius 1 is 1.32 bits per heavy atom. The molecule has 1 spiro atoms. The van der Waals surface area contributed by atoms with Gasteiger partial charge in [0, 0.05) is 12.0 Å². The van der Waals surface area contributed by atoms with Gasteiger partial charge >= 0.3 is 0 Å². The van der Waals surface area contributed by atoms with Crippen LogP contribution in [0.5, 0.6) is 5.75 Å². The molecule has 1 unspecified atom stereocenters. The Kier molecular flexibility index (Phi) is 4.73. The Balaban J connectivity index is 0.00000176. The number of para-hydroxylation sites is 1. The fourth-order valence-electron chi connectivity index (χ4n) is 3.42. The lowest BCUT2D eigenvalue weighted by Gasteiger charge is -2.40. The van der Waals surface area contributed by atoms with Crippen LogP contribution in [0.1, 0.15) is 57.6 Å². The van der Waals surface area contributed by atoms with E-state index in [-0.39, 0.29) is 30.0 Å². The van der Waals surface area contributed by atoms with Crippen molar-refractivity contribution in [1.82, 2.24) is 5.32 Å². The van der Waals surface area contributed by atoms with Gasteiger partial charge in [0.15, 0.2) is 0 Å². The number of rotatable bonds is 2. The van der Waals surface area contributed by atoms with Crippen LogP contribution in [-0.2, 0) is 4.79 Å². The molecule has 2 aliphatic rings. The van der Waals surface area contributed by atoms with Gasteiger partial charge in [0.05, 0.1) is 11.6 Å². The molecule has 0 saturated heterocycles. The summed E-state index contributed by atoms with van der Waals surface area (Å²) < 4.78 is 6.30. The first-order valence-corrected chi connectivity index (χ1v) is 7.77. The molecule has 1 atom stereocenters. The quantitative estimate of drug-likeness (QED) is 0.878. The molecule has 1 amide bonds. The SMILES string of the molecule is CC(C)(N)C(=O)NC1CC2(CCCC2)Oc2ccccc21.Cl. The maximum absolute atomic E-state index is 12.3. The molecule has 3 rings (SSSR count). The van der Waals surface area contributed by atoms with Crippen molar-refractivity contribution in [3.05, 3.63) is 29.8 Å². The van der Waals surface area contributed by atoms with Gasteiger partial charge in [-0.2, -0.15) is 0 Å². The monoisotopic (exact) mass is 324 g/mol. The summed E-state index contributed by atoms with van der Waals surface area (Å²) in [5.74, 6) is 0.795. The van der Waals surface area contributed by atoms with E-state index in [9.17, 15) is 4.79 Å². The molecule has 1 aromatic carbocycles. The first-order chi connectivity index (χ1) is 9.90. The number of ether oxygens (including phenoxy) is 1. The van der Waals surface area contributed by atoms with Crippen LogP contribution in [0.4, 0.5) is 0 Å². The van der Waals surface area contributed by atoms with Gasteiger partial charge in [0.2, 0.25) is 5.91 Å². The number of carbonyl (C=O) groups excluding carboxylic acids is 1. The number of hydrogen-bond donors (Lipinski definition) is 2. The summed E-state index contributed by atoms with van der Waals surface area (Å²) in [7, 11) is 0. The summed E-state index contributed by atoms with van der Waals surface area (Å²) in [6.45, 7) is 3.47. The average Bonchev–Trinajstić information content (AvgIpc) is 2.85. The van der Waals surface area contributed by atoms with Crippen LogP contribution in [-0.4, -0.2) is 17.0 Å². The van der Waals surface area contributed by atoms with Gasteiger partial charge in [-0.3, -0.25) is 4.79 Å². The molecule has 5 heteroatoms. The van der Waals surface area contributed by atoms with Crippen molar-refractivity contribution in [2.45, 2.75) is 63.1 Å². The standard InChI is InChI=1S/C17H24N2O2.ClH/c1-16(2,18)15(20)19-13-11-17(9-5-6-10-17)21-14-8-4-3-7-12(13)14;/h3-4,7-8,13H,5-6,9-11,18H2,1-2H3,(H,19,20);1H. The Labute approximate surface area is 138 Å². The maximum Gasteiger partial charge on any atom is 0.239 e. The second-order valence-corrected chi connectivity index (χ2v) is 6.98. The van der Waals surface area contributed by atoms with Crippen molar-refractivity contribution in [1.29, 1.82) is 0 Å². The smallest absolute Gasteiger partial charge is 0.239 e. The number of hydrogen-bond acceptors (Lipinski definition) is 3. The lowest BCUT2D eigenvalue weighted by atomic mass is 9.85. The summed E-state index contributed by atoms with van der Waals surface area (Å²) in [4.78, 5) is 12.3. The van der Waals surface area contributed by atoms with E-state index < -0.39 is 5.54 Å². The summed E-state index contributed by atoms with van der Waals surface area (Å²) >= 11 is 0. The van der Waals surface area contributed by atoms with Crippen molar-refractivity contribution in [3.63, 3.8) is 0 Å². The van der Waals surface area contributed by atoms with E-state index in [0.717, 1.165) is 30.6 Å². The van der Waals surface area contributed by atoms with Gasteiger partial charge in [-0.1, -0.05) is 18.2 Å². The fraction of sp³-hybridized carbons (Fsp3) is 0.588. The lowest BCUT2D eigenvalue weighted by Crippen LogP contribution is -2.52. The van der Waals surface area contributed by atoms with E-state index in [1.807, 2.05) is 24.3 Å². The van der Waals surface area contributed by atoms with Crippen molar-refractivity contribution < 1.29 is 9.53 Å². The van der Waals surface area contributed by atoms with Crippen molar-refractivity contribution >= 4 is 18.3 Å². The van der Waals surface area contributed by atoms with Crippen LogP contribution in [0.15, 0.2) is 24.3 Å². The minimum absolute atomic E-state index is 0. The van der Waals surface area contributed by atoms with E-state index in [2.05, 4.69) is 5.32 Å². The molecule has 1 heterocycles. The zero-order chi connectivity index (χ0) is 15.1. The van der Waals surface area contributed by atoms with E-state index in [1.165, 1.54) is 12.8 Å². The van der Waals surface area contributed by atoms with Gasteiger partial charge < -0.3 is 15.8 Å². The molecule has 0 aromatic heterocycles. The van der Waals surface area contributed by atoms with Crippen molar-refractivity contribution in [2.24, 2.45) is 5.73 Å². The molecule has 4 nitrogen and oxygen atoms in total. The second-order valence-electron chi connectivity index (χ2n) is 6.98. The Bertz CT molecular complexity index is 548. The van der Waals surface area contributed by atoms with E-state index in [0.29, 0.717) is 0 Å². The van der Waals surface area contributed by atoms with Gasteiger partial charge in [-0.15, -0.1) is 12.4 Å². The normalized spacial score (nSPS) is 22.4. The number of nitrogens with two attached hydrogens (primary N) is 1. The molecule has 0 radical (unpaired) electrons. The highest BCUT2D eigenvalue weighted by atomic mass is 35.5. The predicted molar refractivity (Wildman–Crippen MR) is 89.3 cm³/mol. The van der Waals surface area contributed by atoms with Crippen LogP contribution in [0.2, 0.25) is 0 Å². The maximum atomic E-state index is 12.3. The summed E-state index contributed by atoms with van der Waals surface area (Å²) in [5, 5.41) is 3.12. The minimum Gasteiger partial charge on any atom is -0.487 e. The Morgan fingerprint density at radius 3 is 2.59 bits per heavy atom. The van der Waals surface area contributed by atoms with E-state index >= 15 is 0 Å². The molecule has 1 aliphatic heterocycles. The number of fused-ring (bicyclic) bond motifs is 1. The van der Waals surface area contributed by atoms with Gasteiger partial charge in [-0.05, 0) is 45.6 Å². The molecule has 1 saturated carbocycles. The molecule has 3 N–H and O–H groups in total. The van der Waals surface area contributed by atoms with Crippen LogP contribution in [0, 0.1) is 0 Å². The fourth-order valence-corrected chi connectivity index (χ4v) is 3.42. The first-order valence-electron chi connectivity index (χ1n) is 7.77.